The minimum absolute atomic E-state index is 0. The smallest absolute Gasteiger partial charge is 0.225 e. The lowest BCUT2D eigenvalue weighted by Gasteiger charge is -2.10. The molecule has 1 heterocycles. The molecule has 0 aliphatic carbocycles. The second kappa shape index (κ2) is 9.48. The Labute approximate surface area is 163 Å². The molecule has 0 spiro atoms. The minimum Gasteiger partial charge on any atom is -0.495 e. The third kappa shape index (κ3) is 5.68. The standard InChI is InChI=1S/C15H19ClN6O.HI/c1-22(2)15-18-7-6-11(21-15)9-19-14(17)20-10-4-5-13(23-3)12(16)8-10;/h4-8H,9H2,1-3H3,(H3,17,19,20);1H. The molecule has 2 aromatic rings. The van der Waals surface area contributed by atoms with E-state index in [-0.39, 0.29) is 29.9 Å². The predicted molar refractivity (Wildman–Crippen MR) is 109 cm³/mol. The van der Waals surface area contributed by atoms with Gasteiger partial charge < -0.3 is 20.7 Å². The second-order valence-corrected chi connectivity index (χ2v) is 5.33. The molecule has 7 nitrogen and oxygen atoms in total. The van der Waals surface area contributed by atoms with Crippen molar-refractivity contribution in [2.45, 2.75) is 6.54 Å². The molecule has 0 saturated heterocycles. The average Bonchev–Trinajstić information content (AvgIpc) is 2.53. The molecule has 9 heteroatoms. The molecule has 0 amide bonds. The predicted octanol–water partition coefficient (Wildman–Crippen LogP) is 2.75. The van der Waals surface area contributed by atoms with Crippen LogP contribution in [0.1, 0.15) is 5.69 Å². The Bertz CT molecular complexity index is 710. The number of aromatic nitrogens is 2. The van der Waals surface area contributed by atoms with Crippen LogP contribution in [0.4, 0.5) is 11.6 Å². The Kier molecular flexibility index (Phi) is 7.99. The zero-order valence-corrected chi connectivity index (χ0v) is 16.7. The van der Waals surface area contributed by atoms with Gasteiger partial charge in [0.05, 0.1) is 24.4 Å². The summed E-state index contributed by atoms with van der Waals surface area (Å²) in [6.07, 6.45) is 1.69. The van der Waals surface area contributed by atoms with Crippen molar-refractivity contribution in [2.24, 2.45) is 10.7 Å². The third-order valence-corrected chi connectivity index (χ3v) is 3.23. The first kappa shape index (κ1) is 20.2. The Balaban J connectivity index is 0.00000288. The number of nitrogens with zero attached hydrogens (tertiary/aromatic N) is 4. The lowest BCUT2D eigenvalue weighted by Crippen LogP contribution is -2.22. The molecular weight excluding hydrogens is 443 g/mol. The van der Waals surface area contributed by atoms with Crippen LogP contribution in [-0.4, -0.2) is 37.1 Å². The summed E-state index contributed by atoms with van der Waals surface area (Å²) in [5.41, 5.74) is 7.39. The number of guanidine groups is 1. The van der Waals surface area contributed by atoms with Gasteiger partial charge >= 0.3 is 0 Å². The van der Waals surface area contributed by atoms with Crippen LogP contribution in [-0.2, 0) is 6.54 Å². The fourth-order valence-corrected chi connectivity index (χ4v) is 2.04. The van der Waals surface area contributed by atoms with E-state index in [4.69, 9.17) is 22.1 Å². The summed E-state index contributed by atoms with van der Waals surface area (Å²) in [6.45, 7) is 0.353. The number of aliphatic imine (C=N–C) groups is 1. The van der Waals surface area contributed by atoms with Gasteiger partial charge in [0, 0.05) is 26.0 Å². The summed E-state index contributed by atoms with van der Waals surface area (Å²) in [5.74, 6) is 1.51. The zero-order chi connectivity index (χ0) is 16.8. The van der Waals surface area contributed by atoms with Crippen molar-refractivity contribution in [1.82, 2.24) is 9.97 Å². The average molecular weight is 463 g/mol. The summed E-state index contributed by atoms with van der Waals surface area (Å²) in [4.78, 5) is 14.6. The first-order valence-corrected chi connectivity index (χ1v) is 7.27. The molecule has 0 fully saturated rings. The topological polar surface area (TPSA) is 88.7 Å². The normalized spacial score (nSPS) is 10.8. The first-order valence-electron chi connectivity index (χ1n) is 6.89. The van der Waals surface area contributed by atoms with Crippen molar-refractivity contribution in [1.29, 1.82) is 0 Å². The van der Waals surface area contributed by atoms with Crippen molar-refractivity contribution >= 4 is 53.2 Å². The summed E-state index contributed by atoms with van der Waals surface area (Å²) in [6, 6.07) is 7.08. The van der Waals surface area contributed by atoms with Crippen LogP contribution in [0.2, 0.25) is 5.02 Å². The highest BCUT2D eigenvalue weighted by Gasteiger charge is 2.04. The van der Waals surface area contributed by atoms with Crippen LogP contribution in [0.25, 0.3) is 0 Å². The number of anilines is 2. The number of benzene rings is 1. The van der Waals surface area contributed by atoms with Crippen molar-refractivity contribution in [3.8, 4) is 5.75 Å². The van der Waals surface area contributed by atoms with Crippen LogP contribution in [0, 0.1) is 0 Å². The molecule has 1 aromatic carbocycles. The Morgan fingerprint density at radius 3 is 2.75 bits per heavy atom. The van der Waals surface area contributed by atoms with E-state index in [2.05, 4.69) is 20.3 Å². The van der Waals surface area contributed by atoms with Gasteiger partial charge in [-0.1, -0.05) is 11.6 Å². The van der Waals surface area contributed by atoms with E-state index in [1.807, 2.05) is 25.1 Å². The molecule has 0 aliphatic heterocycles. The number of nitrogens with one attached hydrogen (secondary N) is 1. The van der Waals surface area contributed by atoms with Gasteiger partial charge in [-0.3, -0.25) is 0 Å². The van der Waals surface area contributed by atoms with Gasteiger partial charge in [-0.25, -0.2) is 15.0 Å². The fourth-order valence-electron chi connectivity index (χ4n) is 1.79. The number of methoxy groups -OCH3 is 1. The number of nitrogens with two attached hydrogens (primary N) is 1. The summed E-state index contributed by atoms with van der Waals surface area (Å²) >= 11 is 6.07. The van der Waals surface area contributed by atoms with E-state index in [1.165, 1.54) is 0 Å². The third-order valence-electron chi connectivity index (χ3n) is 2.94. The molecular formula is C15H20ClIN6O. The van der Waals surface area contributed by atoms with Crippen LogP contribution < -0.4 is 20.7 Å². The molecule has 0 unspecified atom stereocenters. The number of halogens is 2. The van der Waals surface area contributed by atoms with Gasteiger partial charge in [0.15, 0.2) is 5.96 Å². The Morgan fingerprint density at radius 2 is 2.12 bits per heavy atom. The van der Waals surface area contributed by atoms with Crippen molar-refractivity contribution in [3.05, 3.63) is 41.2 Å². The molecule has 0 aliphatic rings. The number of hydrogen-bond donors (Lipinski definition) is 2. The number of ether oxygens (including phenoxy) is 1. The molecule has 0 radical (unpaired) electrons. The lowest BCUT2D eigenvalue weighted by atomic mass is 10.3. The van der Waals surface area contributed by atoms with E-state index in [1.54, 1.807) is 31.5 Å². The van der Waals surface area contributed by atoms with Gasteiger partial charge in [0.2, 0.25) is 5.95 Å². The quantitative estimate of drug-likeness (QED) is 0.404. The Morgan fingerprint density at radius 1 is 1.38 bits per heavy atom. The highest BCUT2D eigenvalue weighted by atomic mass is 127. The lowest BCUT2D eigenvalue weighted by molar-refractivity contribution is 0.415. The summed E-state index contributed by atoms with van der Waals surface area (Å²) in [5, 5.41) is 3.47. The molecule has 2 rings (SSSR count). The van der Waals surface area contributed by atoms with Crippen LogP contribution in [0.3, 0.4) is 0 Å². The van der Waals surface area contributed by atoms with Crippen molar-refractivity contribution < 1.29 is 4.74 Å². The van der Waals surface area contributed by atoms with E-state index >= 15 is 0 Å². The molecule has 0 saturated carbocycles. The largest absolute Gasteiger partial charge is 0.495 e. The van der Waals surface area contributed by atoms with Crippen LogP contribution >= 0.6 is 35.6 Å². The van der Waals surface area contributed by atoms with Crippen molar-refractivity contribution in [3.63, 3.8) is 0 Å². The number of rotatable bonds is 5. The van der Waals surface area contributed by atoms with Crippen molar-refractivity contribution in [2.75, 3.05) is 31.4 Å². The van der Waals surface area contributed by atoms with Crippen LogP contribution in [0.5, 0.6) is 5.75 Å². The summed E-state index contributed by atoms with van der Waals surface area (Å²) in [7, 11) is 5.32. The highest BCUT2D eigenvalue weighted by Crippen LogP contribution is 2.27. The summed E-state index contributed by atoms with van der Waals surface area (Å²) < 4.78 is 5.10. The number of hydrogen-bond acceptors (Lipinski definition) is 5. The molecule has 24 heavy (non-hydrogen) atoms. The molecule has 3 N–H and O–H groups in total. The van der Waals surface area contributed by atoms with Gasteiger partial charge in [-0.15, -0.1) is 24.0 Å². The molecule has 130 valence electrons. The maximum Gasteiger partial charge on any atom is 0.225 e. The zero-order valence-electron chi connectivity index (χ0n) is 13.7. The van der Waals surface area contributed by atoms with Gasteiger partial charge in [-0.2, -0.15) is 0 Å². The van der Waals surface area contributed by atoms with E-state index in [0.29, 0.717) is 23.3 Å². The molecule has 1 aromatic heterocycles. The SMILES string of the molecule is COc1ccc(NC(N)=NCc2ccnc(N(C)C)n2)cc1Cl.I. The van der Waals surface area contributed by atoms with E-state index in [0.717, 1.165) is 11.4 Å². The van der Waals surface area contributed by atoms with Gasteiger partial charge in [0.1, 0.15) is 5.75 Å². The monoisotopic (exact) mass is 462 g/mol. The maximum atomic E-state index is 6.07. The Hall–Kier alpha value is -1.81. The first-order chi connectivity index (χ1) is 11.0. The molecule has 0 atom stereocenters. The van der Waals surface area contributed by atoms with Crippen LogP contribution in [0.15, 0.2) is 35.5 Å². The fraction of sp³-hybridized carbons (Fsp3) is 0.267. The highest BCUT2D eigenvalue weighted by molar-refractivity contribution is 14.0. The maximum absolute atomic E-state index is 6.07. The van der Waals surface area contributed by atoms with E-state index < -0.39 is 0 Å². The van der Waals surface area contributed by atoms with Gasteiger partial charge in [0.25, 0.3) is 0 Å². The van der Waals surface area contributed by atoms with Gasteiger partial charge in [-0.05, 0) is 24.3 Å². The second-order valence-electron chi connectivity index (χ2n) is 4.92. The molecule has 0 bridgehead atoms. The minimum atomic E-state index is 0. The van der Waals surface area contributed by atoms with E-state index in [9.17, 15) is 0 Å².